The van der Waals surface area contributed by atoms with E-state index in [0.717, 1.165) is 18.2 Å². The summed E-state index contributed by atoms with van der Waals surface area (Å²) in [6, 6.07) is 3.19. The molecule has 2 aromatic heterocycles. The number of carbonyl (C=O) groups excluding carboxylic acids is 1. The molecule has 3 atom stereocenters. The van der Waals surface area contributed by atoms with Gasteiger partial charge in [0.05, 0.1) is 23.6 Å². The Kier molecular flexibility index (Phi) is 4.93. The first kappa shape index (κ1) is 19.5. The molecule has 1 fully saturated rings. The Labute approximate surface area is 168 Å². The van der Waals surface area contributed by atoms with Crippen LogP contribution in [0, 0.1) is 0 Å². The summed E-state index contributed by atoms with van der Waals surface area (Å²) in [7, 11) is 0. The first-order valence-corrected chi connectivity index (χ1v) is 8.84. The van der Waals surface area contributed by atoms with Crippen LogP contribution in [0.25, 0.3) is 11.2 Å². The topological polar surface area (TPSA) is 183 Å². The van der Waals surface area contributed by atoms with Crippen molar-refractivity contribution in [1.82, 2.24) is 19.5 Å². The zero-order valence-electron chi connectivity index (χ0n) is 15.4. The number of nitrogens with zero attached hydrogens (tertiary/aromatic N) is 4. The second-order valence-corrected chi connectivity index (χ2v) is 6.69. The molecule has 30 heavy (non-hydrogen) atoms. The number of carboxylic acids is 1. The van der Waals surface area contributed by atoms with E-state index in [2.05, 4.69) is 15.0 Å². The second-order valence-electron chi connectivity index (χ2n) is 6.69. The number of phenols is 1. The van der Waals surface area contributed by atoms with E-state index in [-0.39, 0.29) is 35.7 Å². The van der Waals surface area contributed by atoms with E-state index < -0.39 is 30.4 Å². The highest BCUT2D eigenvalue weighted by Gasteiger charge is 2.36. The molecule has 1 aromatic carbocycles. The largest absolute Gasteiger partial charge is 0.508 e. The standard InChI is InChI=1S/C18H17N5O7/c19-15-14-16(21-6-20-15)23(7-22-14)13-4-11(25)12(30-13)5-29-18(28)9-1-8(17(26)27)2-10(24)3-9/h1-3,6-7,11-13,24-25H,4-5H2,(H,26,27)(H2,19,20,21)/t11-,12+,13+/m0/s1. The zero-order chi connectivity index (χ0) is 21.4. The van der Waals surface area contributed by atoms with E-state index in [1.165, 1.54) is 12.7 Å². The number of nitrogens with two attached hydrogens (primary N) is 1. The molecule has 4 rings (SSSR count). The molecule has 5 N–H and O–H groups in total. The van der Waals surface area contributed by atoms with Crippen LogP contribution >= 0.6 is 0 Å². The number of carboxylic acid groups (broad SMARTS) is 1. The highest BCUT2D eigenvalue weighted by atomic mass is 16.6. The first-order chi connectivity index (χ1) is 14.3. The molecule has 1 aliphatic heterocycles. The number of aliphatic hydroxyl groups excluding tert-OH is 1. The number of imidazole rings is 1. The molecule has 1 aliphatic rings. The lowest BCUT2D eigenvalue weighted by molar-refractivity contribution is -0.0509. The van der Waals surface area contributed by atoms with E-state index >= 15 is 0 Å². The van der Waals surface area contributed by atoms with Crippen molar-refractivity contribution in [3.05, 3.63) is 42.0 Å². The second kappa shape index (κ2) is 7.57. The third-order valence-corrected chi connectivity index (χ3v) is 4.68. The number of nitrogen functional groups attached to an aromatic ring is 1. The third-order valence-electron chi connectivity index (χ3n) is 4.68. The van der Waals surface area contributed by atoms with E-state index in [1.807, 2.05) is 0 Å². The number of phenolic OH excluding ortho intramolecular Hbond substituents is 1. The van der Waals surface area contributed by atoms with Gasteiger partial charge in [0.2, 0.25) is 0 Å². The molecule has 0 amide bonds. The van der Waals surface area contributed by atoms with Crippen LogP contribution in [0.1, 0.15) is 33.4 Å². The van der Waals surface area contributed by atoms with Crippen LogP contribution in [0.5, 0.6) is 5.75 Å². The summed E-state index contributed by atoms with van der Waals surface area (Å²) < 4.78 is 12.5. The minimum Gasteiger partial charge on any atom is -0.508 e. The molecule has 3 aromatic rings. The van der Waals surface area contributed by atoms with Crippen LogP contribution in [-0.2, 0) is 9.47 Å². The van der Waals surface area contributed by atoms with Crippen molar-refractivity contribution in [2.45, 2.75) is 24.9 Å². The summed E-state index contributed by atoms with van der Waals surface area (Å²) in [5, 5.41) is 28.9. The fourth-order valence-electron chi connectivity index (χ4n) is 3.21. The van der Waals surface area contributed by atoms with Crippen molar-refractivity contribution in [2.24, 2.45) is 0 Å². The quantitative estimate of drug-likeness (QED) is 0.421. The number of hydrogen-bond acceptors (Lipinski definition) is 10. The molecule has 0 unspecified atom stereocenters. The van der Waals surface area contributed by atoms with Gasteiger partial charge in [-0.2, -0.15) is 0 Å². The van der Waals surface area contributed by atoms with Crippen molar-refractivity contribution in [3.63, 3.8) is 0 Å². The van der Waals surface area contributed by atoms with Gasteiger partial charge in [0.25, 0.3) is 0 Å². The van der Waals surface area contributed by atoms with Crippen LogP contribution < -0.4 is 5.73 Å². The predicted molar refractivity (Wildman–Crippen MR) is 99.6 cm³/mol. The Balaban J connectivity index is 1.44. The molecule has 12 nitrogen and oxygen atoms in total. The van der Waals surface area contributed by atoms with E-state index in [4.69, 9.17) is 20.3 Å². The van der Waals surface area contributed by atoms with Gasteiger partial charge in [0.1, 0.15) is 36.5 Å². The summed E-state index contributed by atoms with van der Waals surface area (Å²) in [5.74, 6) is -2.32. The number of aromatic carboxylic acids is 1. The highest BCUT2D eigenvalue weighted by Crippen LogP contribution is 2.31. The van der Waals surface area contributed by atoms with Gasteiger partial charge < -0.3 is 30.5 Å². The van der Waals surface area contributed by atoms with Crippen LogP contribution in [-0.4, -0.2) is 65.6 Å². The lowest BCUT2D eigenvalue weighted by Gasteiger charge is -2.16. The normalized spacial score (nSPS) is 21.0. The van der Waals surface area contributed by atoms with Crippen LogP contribution in [0.3, 0.4) is 0 Å². The maximum atomic E-state index is 12.2. The van der Waals surface area contributed by atoms with Gasteiger partial charge in [-0.05, 0) is 18.2 Å². The summed E-state index contributed by atoms with van der Waals surface area (Å²) in [5.41, 5.74) is 6.23. The summed E-state index contributed by atoms with van der Waals surface area (Å²) >= 11 is 0. The van der Waals surface area contributed by atoms with Gasteiger partial charge in [-0.25, -0.2) is 24.5 Å². The maximum Gasteiger partial charge on any atom is 0.338 e. The van der Waals surface area contributed by atoms with Gasteiger partial charge in [-0.3, -0.25) is 4.57 Å². The Hall–Kier alpha value is -3.77. The van der Waals surface area contributed by atoms with Gasteiger partial charge >= 0.3 is 11.9 Å². The molecule has 0 bridgehead atoms. The van der Waals surface area contributed by atoms with Crippen molar-refractivity contribution in [1.29, 1.82) is 0 Å². The molecular weight excluding hydrogens is 398 g/mol. The Morgan fingerprint density at radius 1 is 1.23 bits per heavy atom. The fraction of sp³-hybridized carbons (Fsp3) is 0.278. The van der Waals surface area contributed by atoms with Gasteiger partial charge in [0, 0.05) is 6.42 Å². The molecule has 3 heterocycles. The monoisotopic (exact) mass is 415 g/mol. The van der Waals surface area contributed by atoms with Crippen LogP contribution in [0.15, 0.2) is 30.9 Å². The molecule has 0 aliphatic carbocycles. The Morgan fingerprint density at radius 3 is 2.77 bits per heavy atom. The van der Waals surface area contributed by atoms with Crippen molar-refractivity contribution in [3.8, 4) is 5.75 Å². The molecule has 156 valence electrons. The van der Waals surface area contributed by atoms with Gasteiger partial charge in [-0.1, -0.05) is 0 Å². The summed E-state index contributed by atoms with van der Waals surface area (Å²) in [4.78, 5) is 35.5. The number of esters is 1. The average molecular weight is 415 g/mol. The van der Waals surface area contributed by atoms with Crippen molar-refractivity contribution < 1.29 is 34.4 Å². The number of aliphatic hydroxyl groups is 1. The number of aromatic hydroxyl groups is 1. The highest BCUT2D eigenvalue weighted by molar-refractivity contribution is 5.95. The first-order valence-electron chi connectivity index (χ1n) is 8.84. The van der Waals surface area contributed by atoms with Gasteiger partial charge in [-0.15, -0.1) is 0 Å². The minimum absolute atomic E-state index is 0.135. The Bertz CT molecular complexity index is 1130. The van der Waals surface area contributed by atoms with Crippen LogP contribution in [0.2, 0.25) is 0 Å². The third kappa shape index (κ3) is 3.60. The van der Waals surface area contributed by atoms with E-state index in [1.54, 1.807) is 4.57 Å². The van der Waals surface area contributed by atoms with Crippen LogP contribution in [0.4, 0.5) is 5.82 Å². The fourth-order valence-corrected chi connectivity index (χ4v) is 3.21. The number of anilines is 1. The minimum atomic E-state index is -1.30. The summed E-state index contributed by atoms with van der Waals surface area (Å²) in [6.45, 7) is -0.279. The maximum absolute atomic E-state index is 12.2. The predicted octanol–water partition coefficient (Wildman–Crippen LogP) is 0.318. The van der Waals surface area contributed by atoms with Crippen molar-refractivity contribution >= 4 is 28.9 Å². The Morgan fingerprint density at radius 2 is 2.00 bits per heavy atom. The molecule has 0 saturated carbocycles. The molecule has 1 saturated heterocycles. The van der Waals surface area contributed by atoms with E-state index in [0.29, 0.717) is 11.2 Å². The number of rotatable bonds is 5. The average Bonchev–Trinajstić information content (AvgIpc) is 3.29. The number of benzene rings is 1. The summed E-state index contributed by atoms with van der Waals surface area (Å²) in [6.07, 6.45) is 0.600. The molecule has 0 radical (unpaired) electrons. The number of aromatic nitrogens is 4. The SMILES string of the molecule is Nc1ncnc2c1ncn2[C@H]1C[C@H](O)[C@@H](COC(=O)c2cc(O)cc(C(=O)O)c2)O1. The number of fused-ring (bicyclic) bond motifs is 1. The molecule has 0 spiro atoms. The number of ether oxygens (including phenoxy) is 2. The zero-order valence-corrected chi connectivity index (χ0v) is 15.4. The number of carbonyl (C=O) groups is 2. The number of hydrogen-bond donors (Lipinski definition) is 4. The lowest BCUT2D eigenvalue weighted by Crippen LogP contribution is -2.28. The van der Waals surface area contributed by atoms with Gasteiger partial charge in [0.15, 0.2) is 11.5 Å². The molecule has 12 heteroatoms. The molecular formula is C18H17N5O7. The van der Waals surface area contributed by atoms with E-state index in [9.17, 15) is 19.8 Å². The van der Waals surface area contributed by atoms with Crippen molar-refractivity contribution in [2.75, 3.05) is 12.3 Å². The smallest absolute Gasteiger partial charge is 0.338 e. The lowest BCUT2D eigenvalue weighted by atomic mass is 10.1.